The van der Waals surface area contributed by atoms with Gasteiger partial charge in [-0.2, -0.15) is 11.5 Å². The van der Waals surface area contributed by atoms with Gasteiger partial charge in [-0.05, 0) is 61.2 Å². The summed E-state index contributed by atoms with van der Waals surface area (Å²) in [6.45, 7) is 0. The zero-order valence-corrected chi connectivity index (χ0v) is 17.2. The molecule has 4 aliphatic carbocycles. The van der Waals surface area contributed by atoms with Crippen molar-refractivity contribution in [1.29, 1.82) is 0 Å². The van der Waals surface area contributed by atoms with Gasteiger partial charge in [0.05, 0.1) is 0 Å². The summed E-state index contributed by atoms with van der Waals surface area (Å²) < 4.78 is 0. The van der Waals surface area contributed by atoms with Gasteiger partial charge in [0.15, 0.2) is 0 Å². The van der Waals surface area contributed by atoms with Gasteiger partial charge >= 0.3 is 21.1 Å². The van der Waals surface area contributed by atoms with Gasteiger partial charge in [-0.25, -0.2) is 0 Å². The van der Waals surface area contributed by atoms with Gasteiger partial charge in [-0.1, -0.05) is 37.1 Å². The molecule has 0 aromatic rings. The van der Waals surface area contributed by atoms with E-state index in [0.29, 0.717) is 0 Å². The van der Waals surface area contributed by atoms with Crippen LogP contribution >= 0.6 is 0 Å². The smallest absolute Gasteiger partial charge is 0.793 e. The normalized spacial score (nSPS) is 41.0. The van der Waals surface area contributed by atoms with E-state index in [0.717, 1.165) is 47.0 Å². The van der Waals surface area contributed by atoms with Gasteiger partial charge in [-0.15, -0.1) is 0 Å². The Morgan fingerprint density at radius 2 is 1.10 bits per heavy atom. The number of fused-ring (bicyclic) bond motifs is 4. The Morgan fingerprint density at radius 3 is 1.33 bits per heavy atom. The summed E-state index contributed by atoms with van der Waals surface area (Å²) in [7, 11) is 0. The average Bonchev–Trinajstić information content (AvgIpc) is 3.21. The average molecular weight is 490 g/mol. The van der Waals surface area contributed by atoms with Crippen LogP contribution in [0.15, 0.2) is 24.3 Å². The maximum atomic E-state index is 4.98. The van der Waals surface area contributed by atoms with Gasteiger partial charge in [0, 0.05) is 0 Å². The Hall–Kier alpha value is 0.868. The molecule has 0 amide bonds. The third-order valence-corrected chi connectivity index (χ3v) is 6.28. The molecule has 0 spiro atoms. The van der Waals surface area contributed by atoms with Crippen molar-refractivity contribution in [2.45, 2.75) is 38.5 Å². The summed E-state index contributed by atoms with van der Waals surface area (Å²) in [6, 6.07) is 0. The van der Waals surface area contributed by atoms with E-state index >= 15 is 0 Å². The van der Waals surface area contributed by atoms with Crippen LogP contribution < -0.4 is 0 Å². The van der Waals surface area contributed by atoms with Gasteiger partial charge in [0.25, 0.3) is 0 Å². The molecule has 2 fully saturated rings. The van der Waals surface area contributed by atoms with Crippen molar-refractivity contribution in [2.24, 2.45) is 35.5 Å². The minimum absolute atomic E-state index is 0. The predicted molar refractivity (Wildman–Crippen MR) is 91.4 cm³/mol. The molecule has 6 atom stereocenters. The topological polar surface area (TPSA) is 0 Å². The molecule has 4 bridgehead atoms. The molecular weight excluding hydrogens is 464 g/mol. The van der Waals surface area contributed by atoms with Crippen LogP contribution in [0.25, 0.3) is 0 Å². The van der Waals surface area contributed by atoms with Crippen LogP contribution in [0, 0.1) is 35.5 Å². The molecule has 0 N–H and O–H groups in total. The number of rotatable bonds is 4. The Kier molecular flexibility index (Phi) is 7.50. The van der Waals surface area contributed by atoms with Crippen LogP contribution in [0.4, 0.5) is 0 Å². The number of hydrogen-bond acceptors (Lipinski definition) is 2. The summed E-state index contributed by atoms with van der Waals surface area (Å²) in [6.07, 6.45) is 17.9. The monoisotopic (exact) mass is 490 g/mol. The second-order valence-corrected chi connectivity index (χ2v) is 7.88. The first-order valence-electron chi connectivity index (χ1n) is 8.33. The fraction of sp³-hybridized carbons (Fsp3) is 0.778. The van der Waals surface area contributed by atoms with Crippen LogP contribution in [0.5, 0.6) is 0 Å². The third-order valence-electron chi connectivity index (χ3n) is 5.81. The second kappa shape index (κ2) is 8.65. The van der Waals surface area contributed by atoms with Crippen molar-refractivity contribution in [3.63, 3.8) is 0 Å². The summed E-state index contributed by atoms with van der Waals surface area (Å²) in [5, 5.41) is 0. The Bertz CT molecular complexity index is 343. The van der Waals surface area contributed by atoms with E-state index in [4.69, 9.17) is 25.3 Å². The van der Waals surface area contributed by atoms with Crippen molar-refractivity contribution >= 4 is 25.3 Å². The quantitative estimate of drug-likeness (QED) is 0.427. The van der Waals surface area contributed by atoms with Gasteiger partial charge in [-0.3, -0.25) is 0 Å². The van der Waals surface area contributed by atoms with Crippen molar-refractivity contribution in [3.05, 3.63) is 24.3 Å². The van der Waals surface area contributed by atoms with Gasteiger partial charge in [0.2, 0.25) is 0 Å². The van der Waals surface area contributed by atoms with Crippen molar-refractivity contribution < 1.29 is 21.1 Å². The standard InChI is InChI=1S/2C9H14S.W/c2*10-4-3-9-6-7-1-2-8(9)5-7;/h2*1-2,7-10H,3-6H2;/q;;+2/p-2. The Labute approximate surface area is 155 Å². The van der Waals surface area contributed by atoms with Crippen LogP contribution in [0.3, 0.4) is 0 Å². The number of allylic oxidation sites excluding steroid dienone is 4. The fourth-order valence-corrected chi connectivity index (χ4v) is 5.36. The summed E-state index contributed by atoms with van der Waals surface area (Å²) in [5.74, 6) is 7.50. The molecule has 0 aliphatic heterocycles. The molecule has 0 aromatic carbocycles. The number of hydrogen-bond donors (Lipinski definition) is 0. The van der Waals surface area contributed by atoms with Crippen molar-refractivity contribution in [1.82, 2.24) is 0 Å². The first-order valence-corrected chi connectivity index (χ1v) is 9.48. The molecule has 2 saturated carbocycles. The largest absolute Gasteiger partial charge is 2.00 e. The molecule has 3 heteroatoms. The first kappa shape index (κ1) is 18.2. The SMILES string of the molecule is [S-]CCC1CC2C=CC1C2.[S-]CCC1CC2C=CC1C2.[W+2]. The van der Waals surface area contributed by atoms with Gasteiger partial charge < -0.3 is 25.3 Å². The van der Waals surface area contributed by atoms with Crippen LogP contribution in [-0.2, 0) is 46.3 Å². The van der Waals surface area contributed by atoms with Crippen LogP contribution in [-0.4, -0.2) is 11.5 Å². The molecule has 0 saturated heterocycles. The molecule has 6 unspecified atom stereocenters. The Balaban J connectivity index is 0.000000147. The van der Waals surface area contributed by atoms with E-state index in [1.807, 2.05) is 0 Å². The first-order chi connectivity index (χ1) is 9.80. The van der Waals surface area contributed by atoms with E-state index in [-0.39, 0.29) is 21.1 Å². The fourth-order valence-electron chi connectivity index (χ4n) is 4.76. The second-order valence-electron chi connectivity index (χ2n) is 7.07. The molecule has 0 aromatic heterocycles. The minimum atomic E-state index is 0. The van der Waals surface area contributed by atoms with E-state index in [9.17, 15) is 0 Å². The predicted octanol–water partition coefficient (Wildman–Crippen LogP) is 4.27. The van der Waals surface area contributed by atoms with Crippen LogP contribution in [0.1, 0.15) is 38.5 Å². The van der Waals surface area contributed by atoms with E-state index in [1.54, 1.807) is 0 Å². The summed E-state index contributed by atoms with van der Waals surface area (Å²) in [4.78, 5) is 0. The van der Waals surface area contributed by atoms with Gasteiger partial charge in [0.1, 0.15) is 0 Å². The molecule has 4 rings (SSSR count). The summed E-state index contributed by atoms with van der Waals surface area (Å²) in [5.41, 5.74) is 0. The minimum Gasteiger partial charge on any atom is -0.793 e. The van der Waals surface area contributed by atoms with Crippen LogP contribution in [0.2, 0.25) is 0 Å². The van der Waals surface area contributed by atoms with E-state index < -0.39 is 0 Å². The molecule has 0 nitrogen and oxygen atoms in total. The Morgan fingerprint density at radius 1 is 0.667 bits per heavy atom. The molecule has 116 valence electrons. The maximum absolute atomic E-state index is 4.98. The molecule has 21 heavy (non-hydrogen) atoms. The van der Waals surface area contributed by atoms with E-state index in [1.165, 1.54) is 38.5 Å². The molecule has 0 radical (unpaired) electrons. The van der Waals surface area contributed by atoms with Crippen molar-refractivity contribution in [3.8, 4) is 0 Å². The van der Waals surface area contributed by atoms with Crippen molar-refractivity contribution in [2.75, 3.05) is 11.5 Å². The molecule has 0 heterocycles. The third kappa shape index (κ3) is 4.45. The van der Waals surface area contributed by atoms with E-state index in [2.05, 4.69) is 24.3 Å². The molecular formula is C18H26S2W. The summed E-state index contributed by atoms with van der Waals surface area (Å²) >= 11 is 9.96. The molecule has 4 aliphatic rings. The zero-order chi connectivity index (χ0) is 13.9. The maximum Gasteiger partial charge on any atom is 2.00 e. The zero-order valence-electron chi connectivity index (χ0n) is 12.7.